The molecule has 0 unspecified atom stereocenters. The van der Waals surface area contributed by atoms with E-state index in [4.69, 9.17) is 9.47 Å². The van der Waals surface area contributed by atoms with Crippen LogP contribution in [0.25, 0.3) is 21.5 Å². The number of benzene rings is 6. The Morgan fingerprint density at radius 3 is 1.21 bits per heavy atom. The summed E-state index contributed by atoms with van der Waals surface area (Å²) in [6.07, 6.45) is 0. The van der Waals surface area contributed by atoms with Gasteiger partial charge in [-0.1, -0.05) is 12.1 Å². The van der Waals surface area contributed by atoms with Crippen molar-refractivity contribution in [1.82, 2.24) is 0 Å². The number of nitrogens with one attached hydrogen (secondary N) is 4. The number of ether oxygens (including phenoxy) is 2. The second-order valence-electron chi connectivity index (χ2n) is 14.5. The fraction of sp³-hybridized carbons (Fsp3) is 0.103. The van der Waals surface area contributed by atoms with Crippen molar-refractivity contribution < 1.29 is 281 Å². The van der Waals surface area contributed by atoms with Crippen molar-refractivity contribution in [2.24, 2.45) is 0 Å². The number of fused-ring (bicyclic) bond motifs is 2. The van der Waals surface area contributed by atoms with Crippen molar-refractivity contribution in [2.75, 3.05) is 35.5 Å². The van der Waals surface area contributed by atoms with Gasteiger partial charge in [0.1, 0.15) is 50.6 Å². The standard InChI is InChI=1S/C39H34N4O23S6.6Na/c1-63-17-21-5-3-19(37(44)40-27-7-9-31(69(51,52)53)25-13-23(67-66-65-47)14-33(35(25)27)71(57,58)59)11-29(21)42-39(46)43-30-12-20(4-6-22(30)18-64-2)38(45)41-28-8-10-32(70(54,55)56)26-15-24(68(48,49)50)16-34(36(26)28)72(60,61)62;;;;;;/h3-16,47H,17-18H2,1-2H3,(H,40,44)(H,41,45)(H2,42,43,46)(H,48,49,50)(H,51,52,53)(H,54,55,56)(H,57,58,59)(H,60,61,62);;;;;;/q;6*+1/p-6. The van der Waals surface area contributed by atoms with Gasteiger partial charge in [0, 0.05) is 74.3 Å². The van der Waals surface area contributed by atoms with Crippen LogP contribution in [-0.2, 0) is 82.7 Å². The Morgan fingerprint density at radius 2 is 0.846 bits per heavy atom. The number of methoxy groups -OCH3 is 2. The molecule has 0 bridgehead atoms. The summed E-state index contributed by atoms with van der Waals surface area (Å²) in [6.45, 7) is -0.397. The van der Waals surface area contributed by atoms with Crippen molar-refractivity contribution in [3.05, 3.63) is 107 Å². The molecule has 0 aliphatic rings. The van der Waals surface area contributed by atoms with Gasteiger partial charge in [0.05, 0.1) is 61.1 Å². The summed E-state index contributed by atoms with van der Waals surface area (Å²) in [6, 6.07) is 10.9. The molecule has 0 aliphatic carbocycles. The number of hydrogen-bond acceptors (Lipinski definition) is 24. The minimum absolute atomic E-state index is 0. The average molecular weight is 1250 g/mol. The van der Waals surface area contributed by atoms with Gasteiger partial charge in [0.2, 0.25) is 0 Å². The Kier molecular flexibility index (Phi) is 31.7. The Hall–Kier alpha value is -0.250. The van der Waals surface area contributed by atoms with Crippen LogP contribution in [0.1, 0.15) is 31.8 Å². The zero-order chi connectivity index (χ0) is 53.3. The molecule has 0 aromatic heterocycles. The molecule has 0 heterocycles. The maximum absolute atomic E-state index is 13.8. The van der Waals surface area contributed by atoms with Gasteiger partial charge in [0.25, 0.3) is 11.8 Å². The zero-order valence-electron chi connectivity index (χ0n) is 41.8. The van der Waals surface area contributed by atoms with Crippen LogP contribution in [0, 0.1) is 0 Å². The number of anilines is 4. The van der Waals surface area contributed by atoms with Crippen LogP contribution >= 0.6 is 12.0 Å². The van der Waals surface area contributed by atoms with Crippen LogP contribution in [0.5, 0.6) is 0 Å². The van der Waals surface area contributed by atoms with Gasteiger partial charge in [-0.15, -0.1) is 0 Å². The van der Waals surface area contributed by atoms with Crippen LogP contribution in [0.3, 0.4) is 0 Å². The Bertz CT molecular complexity index is 3850. The summed E-state index contributed by atoms with van der Waals surface area (Å²) in [5.41, 5.74) is -1.55. The van der Waals surface area contributed by atoms with Crippen molar-refractivity contribution in [3.8, 4) is 0 Å². The molecule has 4 N–H and O–H groups in total. The first-order valence-electron chi connectivity index (χ1n) is 19.0. The van der Waals surface area contributed by atoms with Crippen molar-refractivity contribution >= 4 is 125 Å². The zero-order valence-corrected chi connectivity index (χ0v) is 58.7. The van der Waals surface area contributed by atoms with E-state index < -0.39 is 126 Å². The third-order valence-corrected chi connectivity index (χ3v) is 14.8. The Balaban J connectivity index is 0.00000988. The SMILES string of the molecule is COCc1ccc(C(=O)Nc2ccc(S(=O)(=O)[O-])c3cc(SOO[O-])cc(S(=O)(=O)[O-])c23)cc1NC(=O)Nc1cc(C(=O)Nc2ccc(S(=O)(=O)[O-])c3cc(S(=O)(=O)[O-])cc(S(=O)(=O)[O-])c23)ccc1COC.[Na+].[Na+].[Na+].[Na+].[Na+].[Na+]. The second kappa shape index (κ2) is 31.8. The van der Waals surface area contributed by atoms with Crippen LogP contribution in [0.15, 0.2) is 114 Å². The van der Waals surface area contributed by atoms with Gasteiger partial charge >= 0.3 is 183 Å². The minimum Gasteiger partial charge on any atom is -0.744 e. The first-order chi connectivity index (χ1) is 33.5. The minimum atomic E-state index is -5.78. The van der Waals surface area contributed by atoms with Gasteiger partial charge in [0.15, 0.2) is 0 Å². The van der Waals surface area contributed by atoms with Gasteiger partial charge < -0.3 is 58.8 Å². The largest absolute Gasteiger partial charge is 1.00 e. The summed E-state index contributed by atoms with van der Waals surface area (Å²) < 4.78 is 198. The van der Waals surface area contributed by atoms with E-state index in [0.29, 0.717) is 24.3 Å². The number of urea groups is 1. The van der Waals surface area contributed by atoms with E-state index in [2.05, 4.69) is 30.6 Å². The Morgan fingerprint density at radius 1 is 0.462 bits per heavy atom. The molecule has 6 rings (SSSR count). The molecule has 6 aromatic carbocycles. The van der Waals surface area contributed by atoms with Gasteiger partial charge in [-0.2, -0.15) is 4.33 Å². The molecule has 78 heavy (non-hydrogen) atoms. The smallest absolute Gasteiger partial charge is 0.744 e. The Labute approximate surface area is 581 Å². The summed E-state index contributed by atoms with van der Waals surface area (Å²) in [5, 5.41) is 19.8. The molecule has 384 valence electrons. The third kappa shape index (κ3) is 19.4. The third-order valence-electron chi connectivity index (χ3n) is 9.88. The molecule has 0 fully saturated rings. The normalized spacial score (nSPS) is 11.5. The molecule has 0 spiro atoms. The predicted molar refractivity (Wildman–Crippen MR) is 239 cm³/mol. The molecular formula is C39H28N4Na6O23S6. The van der Waals surface area contributed by atoms with Crippen LogP contribution in [-0.4, -0.2) is 96.9 Å². The van der Waals surface area contributed by atoms with E-state index in [0.717, 1.165) is 30.3 Å². The van der Waals surface area contributed by atoms with Gasteiger partial charge in [-0.25, -0.2) is 46.9 Å². The first-order valence-corrected chi connectivity index (χ1v) is 26.8. The number of amides is 4. The number of carbonyl (C=O) groups is 3. The molecule has 0 aliphatic heterocycles. The van der Waals surface area contributed by atoms with E-state index in [1.807, 2.05) is 0 Å². The summed E-state index contributed by atoms with van der Waals surface area (Å²) in [4.78, 5) is 34.5. The quantitative estimate of drug-likeness (QED) is 0.0204. The van der Waals surface area contributed by atoms with Crippen molar-refractivity contribution in [3.63, 3.8) is 0 Å². The van der Waals surface area contributed by atoms with E-state index in [9.17, 15) is 84.5 Å². The molecule has 0 saturated heterocycles. The van der Waals surface area contributed by atoms with Gasteiger partial charge in [-0.05, 0) is 72.8 Å². The number of rotatable bonds is 18. The predicted octanol–water partition coefficient (Wildman–Crippen LogP) is -15.8. The number of hydrogen-bond donors (Lipinski definition) is 4. The second-order valence-corrected chi connectivity index (χ2v) is 22.0. The van der Waals surface area contributed by atoms with Crippen LogP contribution < -0.4 is 204 Å². The summed E-state index contributed by atoms with van der Waals surface area (Å²) in [7, 11) is -25.3. The first kappa shape index (κ1) is 77.8. The fourth-order valence-corrected chi connectivity index (χ4v) is 10.9. The molecular weight excluding hydrogens is 1220 g/mol. The van der Waals surface area contributed by atoms with E-state index in [1.54, 1.807) is 0 Å². The average Bonchev–Trinajstić information content (AvgIpc) is 3.27. The fourth-order valence-electron chi connectivity index (χ4n) is 6.97. The van der Waals surface area contributed by atoms with Crippen LogP contribution in [0.2, 0.25) is 0 Å². The molecule has 0 saturated carbocycles. The monoisotopic (exact) mass is 1250 g/mol. The summed E-state index contributed by atoms with van der Waals surface area (Å²) >= 11 is 0.0546. The maximum atomic E-state index is 13.8. The molecule has 0 radical (unpaired) electrons. The topological polar surface area (TPSA) is 445 Å². The molecule has 0 atom stereocenters. The molecule has 6 aromatic rings. The molecule has 4 amide bonds. The number of carbonyl (C=O) groups excluding carboxylic acids is 3. The van der Waals surface area contributed by atoms with Crippen LogP contribution in [0.4, 0.5) is 27.5 Å². The van der Waals surface area contributed by atoms with Gasteiger partial charge in [-0.3, -0.25) is 14.6 Å². The van der Waals surface area contributed by atoms with E-state index in [-0.39, 0.29) is 247 Å². The summed E-state index contributed by atoms with van der Waals surface area (Å²) in [5.74, 6) is -2.21. The van der Waals surface area contributed by atoms with E-state index >= 15 is 0 Å². The molecule has 39 heteroatoms. The maximum Gasteiger partial charge on any atom is 1.00 e. The molecule has 27 nitrogen and oxygen atoms in total. The van der Waals surface area contributed by atoms with Crippen molar-refractivity contribution in [1.29, 1.82) is 0 Å². The van der Waals surface area contributed by atoms with Crippen molar-refractivity contribution in [2.45, 2.75) is 42.6 Å². The van der Waals surface area contributed by atoms with E-state index in [1.165, 1.54) is 38.5 Å².